The van der Waals surface area contributed by atoms with Crippen LogP contribution in [0.4, 0.5) is 13.2 Å². The van der Waals surface area contributed by atoms with Crippen LogP contribution < -0.4 is 5.69 Å². The number of H-pyrrole nitrogens is 1. The van der Waals surface area contributed by atoms with Crippen molar-refractivity contribution in [3.63, 3.8) is 0 Å². The van der Waals surface area contributed by atoms with Gasteiger partial charge in [-0.1, -0.05) is 19.1 Å². The van der Waals surface area contributed by atoms with Gasteiger partial charge in [0.25, 0.3) is 0 Å². The average molecular weight is 387 g/mol. The average Bonchev–Trinajstić information content (AvgIpc) is 3.29. The second-order valence-electron chi connectivity index (χ2n) is 6.59. The van der Waals surface area contributed by atoms with Gasteiger partial charge in [0, 0.05) is 18.8 Å². The topological polar surface area (TPSA) is 68.0 Å². The smallest absolute Gasteiger partial charge is 0.267 e. The number of benzene rings is 1. The Bertz CT molecular complexity index is 1170. The number of imidazole rings is 1. The van der Waals surface area contributed by atoms with Crippen molar-refractivity contribution in [3.05, 3.63) is 82.6 Å². The van der Waals surface area contributed by atoms with Gasteiger partial charge in [-0.3, -0.25) is 14.1 Å². The number of nitrogens with one attached hydrogen (secondary N) is 1. The first kappa shape index (κ1) is 18.0. The number of alkyl halides is 3. The highest BCUT2D eigenvalue weighted by Crippen LogP contribution is 2.32. The molecule has 0 bridgehead atoms. The van der Waals surface area contributed by atoms with Crippen LogP contribution in [-0.2, 0) is 12.6 Å². The van der Waals surface area contributed by atoms with E-state index in [-0.39, 0.29) is 11.4 Å². The van der Waals surface area contributed by atoms with Crippen LogP contribution in [0.3, 0.4) is 0 Å². The van der Waals surface area contributed by atoms with E-state index in [0.29, 0.717) is 12.1 Å². The molecule has 144 valence electrons. The summed E-state index contributed by atoms with van der Waals surface area (Å²) >= 11 is 0. The van der Waals surface area contributed by atoms with Crippen LogP contribution in [0.15, 0.2) is 59.9 Å². The molecular weight excluding hydrogens is 371 g/mol. The predicted octanol–water partition coefficient (Wildman–Crippen LogP) is 3.57. The molecule has 0 aliphatic heterocycles. The van der Waals surface area contributed by atoms with Gasteiger partial charge in [0.15, 0.2) is 0 Å². The molecule has 0 amide bonds. The molecule has 28 heavy (non-hydrogen) atoms. The molecule has 0 aliphatic carbocycles. The Morgan fingerprint density at radius 3 is 2.75 bits per heavy atom. The summed E-state index contributed by atoms with van der Waals surface area (Å²) in [6.07, 6.45) is 0.0705. The molecule has 0 saturated heterocycles. The van der Waals surface area contributed by atoms with Gasteiger partial charge in [-0.15, -0.1) is 0 Å². The number of hydrogen-bond acceptors (Lipinski definition) is 3. The number of aromatic nitrogens is 5. The Hall–Kier alpha value is -3.36. The zero-order valence-electron chi connectivity index (χ0n) is 14.8. The Morgan fingerprint density at radius 2 is 2.04 bits per heavy atom. The summed E-state index contributed by atoms with van der Waals surface area (Å²) in [4.78, 5) is 16.8. The molecule has 0 saturated carbocycles. The van der Waals surface area contributed by atoms with E-state index >= 15 is 0 Å². The third-order valence-electron chi connectivity index (χ3n) is 4.68. The number of aromatic amines is 1. The van der Waals surface area contributed by atoms with E-state index in [9.17, 15) is 18.0 Å². The fourth-order valence-electron chi connectivity index (χ4n) is 3.26. The van der Waals surface area contributed by atoms with Crippen molar-refractivity contribution in [2.45, 2.75) is 25.4 Å². The van der Waals surface area contributed by atoms with Gasteiger partial charge >= 0.3 is 11.9 Å². The largest absolute Gasteiger partial charge is 0.418 e. The molecular formula is C19H16F3N5O. The number of nitrogens with zero attached hydrogens (tertiary/aromatic N) is 4. The summed E-state index contributed by atoms with van der Waals surface area (Å²) in [6, 6.07) is 9.37. The van der Waals surface area contributed by atoms with Crippen LogP contribution in [0, 0.1) is 0 Å². The van der Waals surface area contributed by atoms with E-state index < -0.39 is 17.4 Å². The number of hydrogen-bond donors (Lipinski definition) is 1. The van der Waals surface area contributed by atoms with Gasteiger partial charge in [-0.05, 0) is 35.7 Å². The molecule has 1 N–H and O–H groups in total. The molecule has 9 heteroatoms. The third kappa shape index (κ3) is 3.19. The SMILES string of the molecule is CC(Cc1ncn[nH]1)c1cccc(-n2cc3c(C(F)(F)F)cccn3c2=O)c1. The summed E-state index contributed by atoms with van der Waals surface area (Å²) in [7, 11) is 0. The highest BCUT2D eigenvalue weighted by Gasteiger charge is 2.33. The van der Waals surface area contributed by atoms with Crippen molar-refractivity contribution in [2.75, 3.05) is 0 Å². The molecule has 4 rings (SSSR count). The summed E-state index contributed by atoms with van der Waals surface area (Å²) in [5.74, 6) is 0.811. The van der Waals surface area contributed by atoms with E-state index in [0.717, 1.165) is 21.9 Å². The first-order valence-electron chi connectivity index (χ1n) is 8.59. The first-order valence-corrected chi connectivity index (χ1v) is 8.59. The molecule has 0 aliphatic rings. The zero-order chi connectivity index (χ0) is 19.9. The van der Waals surface area contributed by atoms with Crippen molar-refractivity contribution < 1.29 is 13.2 Å². The van der Waals surface area contributed by atoms with Crippen LogP contribution in [0.25, 0.3) is 11.2 Å². The highest BCUT2D eigenvalue weighted by atomic mass is 19.4. The molecule has 0 fully saturated rings. The van der Waals surface area contributed by atoms with Crippen LogP contribution in [-0.4, -0.2) is 24.1 Å². The van der Waals surface area contributed by atoms with Crippen molar-refractivity contribution in [1.29, 1.82) is 0 Å². The lowest BCUT2D eigenvalue weighted by atomic mass is 9.97. The number of fused-ring (bicyclic) bond motifs is 1. The van der Waals surface area contributed by atoms with E-state index in [2.05, 4.69) is 15.2 Å². The summed E-state index contributed by atoms with van der Waals surface area (Å²) in [5, 5.41) is 6.63. The van der Waals surface area contributed by atoms with E-state index in [1.807, 2.05) is 13.0 Å². The van der Waals surface area contributed by atoms with E-state index in [1.54, 1.807) is 18.2 Å². The lowest BCUT2D eigenvalue weighted by Crippen LogP contribution is -2.19. The molecule has 3 heterocycles. The predicted molar refractivity (Wildman–Crippen MR) is 96.5 cm³/mol. The lowest BCUT2D eigenvalue weighted by molar-refractivity contribution is -0.136. The summed E-state index contributed by atoms with van der Waals surface area (Å²) in [5.41, 5.74) is -0.141. The zero-order valence-corrected chi connectivity index (χ0v) is 14.8. The quantitative estimate of drug-likeness (QED) is 0.582. The normalized spacial score (nSPS) is 13.1. The first-order chi connectivity index (χ1) is 13.3. The Labute approximate surface area is 157 Å². The molecule has 0 spiro atoms. The number of rotatable bonds is 4. The standard InChI is InChI=1S/C19H16F3N5O/c1-12(8-17-23-11-24-25-17)13-4-2-5-14(9-13)27-10-16-15(19(20,21)22)6-3-7-26(16)18(27)28/h2-7,9-12H,8H2,1H3,(H,23,24,25). The summed E-state index contributed by atoms with van der Waals surface area (Å²) in [6.45, 7) is 2.00. The maximum atomic E-state index is 13.3. The molecule has 4 aromatic rings. The minimum absolute atomic E-state index is 0.0753. The van der Waals surface area contributed by atoms with Gasteiger partial charge in [0.2, 0.25) is 0 Å². The molecule has 1 aromatic carbocycles. The van der Waals surface area contributed by atoms with Gasteiger partial charge in [0.1, 0.15) is 12.2 Å². The molecule has 6 nitrogen and oxygen atoms in total. The van der Waals surface area contributed by atoms with Gasteiger partial charge in [-0.2, -0.15) is 18.3 Å². The fraction of sp³-hybridized carbons (Fsp3) is 0.211. The van der Waals surface area contributed by atoms with Crippen LogP contribution in [0.2, 0.25) is 0 Å². The Kier molecular flexibility index (Phi) is 4.29. The fourth-order valence-corrected chi connectivity index (χ4v) is 3.26. The lowest BCUT2D eigenvalue weighted by Gasteiger charge is -2.12. The molecule has 1 unspecified atom stereocenters. The van der Waals surface area contributed by atoms with Gasteiger partial charge in [-0.25, -0.2) is 9.78 Å². The third-order valence-corrected chi connectivity index (χ3v) is 4.68. The van der Waals surface area contributed by atoms with Crippen molar-refractivity contribution in [2.24, 2.45) is 0 Å². The van der Waals surface area contributed by atoms with E-state index in [1.165, 1.54) is 29.4 Å². The number of pyridine rings is 1. The molecule has 0 radical (unpaired) electrons. The Balaban J connectivity index is 1.76. The second-order valence-corrected chi connectivity index (χ2v) is 6.59. The highest BCUT2D eigenvalue weighted by molar-refractivity contribution is 5.56. The monoisotopic (exact) mass is 387 g/mol. The number of halogens is 3. The van der Waals surface area contributed by atoms with Crippen LogP contribution >= 0.6 is 0 Å². The second kappa shape index (κ2) is 6.66. The summed E-state index contributed by atoms with van der Waals surface area (Å²) < 4.78 is 42.1. The maximum absolute atomic E-state index is 13.3. The van der Waals surface area contributed by atoms with Crippen molar-refractivity contribution in [1.82, 2.24) is 24.1 Å². The maximum Gasteiger partial charge on any atom is 0.418 e. The Morgan fingerprint density at radius 1 is 1.21 bits per heavy atom. The van der Waals surface area contributed by atoms with E-state index in [4.69, 9.17) is 0 Å². The van der Waals surface area contributed by atoms with Crippen LogP contribution in [0.1, 0.15) is 29.8 Å². The molecule has 1 atom stereocenters. The van der Waals surface area contributed by atoms with Crippen LogP contribution in [0.5, 0.6) is 0 Å². The van der Waals surface area contributed by atoms with Crippen molar-refractivity contribution in [3.8, 4) is 5.69 Å². The molecule has 3 aromatic heterocycles. The van der Waals surface area contributed by atoms with Crippen molar-refractivity contribution >= 4 is 5.52 Å². The minimum atomic E-state index is -4.54. The van der Waals surface area contributed by atoms with Gasteiger partial charge < -0.3 is 0 Å². The van der Waals surface area contributed by atoms with Gasteiger partial charge in [0.05, 0.1) is 16.8 Å². The minimum Gasteiger partial charge on any atom is -0.267 e.